The van der Waals surface area contributed by atoms with E-state index < -0.39 is 0 Å². The predicted octanol–water partition coefficient (Wildman–Crippen LogP) is 2.54. The van der Waals surface area contributed by atoms with Crippen molar-refractivity contribution in [2.24, 2.45) is 0 Å². The third kappa shape index (κ3) is 5.08. The average molecular weight is 381 g/mol. The van der Waals surface area contributed by atoms with Gasteiger partial charge in [-0.05, 0) is 12.5 Å². The van der Waals surface area contributed by atoms with Crippen LogP contribution in [0.15, 0.2) is 24.8 Å². The molecule has 0 aliphatic heterocycles. The summed E-state index contributed by atoms with van der Waals surface area (Å²) in [5.41, 5.74) is 0.496. The maximum atomic E-state index is 12.6. The Bertz CT molecular complexity index is 693. The Morgan fingerprint density at radius 2 is 2.12 bits per heavy atom. The van der Waals surface area contributed by atoms with Gasteiger partial charge in [0.1, 0.15) is 18.9 Å². The van der Waals surface area contributed by atoms with Crippen LogP contribution in [-0.2, 0) is 11.5 Å². The molecule has 0 spiro atoms. The largest absolute Gasteiger partial charge is 0.476 e. The number of unbranched alkanes of at least 4 members (excludes halogenated alkanes) is 2. The number of aromatic nitrogens is 4. The number of hydrogen-bond donors (Lipinski definition) is 0. The van der Waals surface area contributed by atoms with Crippen LogP contribution in [0, 0.1) is 0 Å². The topological polar surface area (TPSA) is 76.4 Å². The molecule has 0 bridgehead atoms. The standard InChI is InChI=1S/C17H25ClN6O2/c1-4-5-6-10-26-17-15(16(22(2)3)19-12-20-17)24(14(25)11-18)13-23-9-7-8-21-23/h7-9,12H,4-6,10-11,13H2,1-3H3. The molecule has 0 radical (unpaired) electrons. The van der Waals surface area contributed by atoms with Crippen molar-refractivity contribution in [1.82, 2.24) is 19.7 Å². The highest BCUT2D eigenvalue weighted by Gasteiger charge is 2.26. The molecule has 2 heterocycles. The van der Waals surface area contributed by atoms with E-state index in [9.17, 15) is 4.79 Å². The average Bonchev–Trinajstić information content (AvgIpc) is 3.15. The van der Waals surface area contributed by atoms with Gasteiger partial charge in [0.25, 0.3) is 0 Å². The minimum Gasteiger partial charge on any atom is -0.476 e. The highest BCUT2D eigenvalue weighted by atomic mass is 35.5. The van der Waals surface area contributed by atoms with Crippen LogP contribution < -0.4 is 14.5 Å². The van der Waals surface area contributed by atoms with Gasteiger partial charge in [0.05, 0.1) is 6.61 Å². The summed E-state index contributed by atoms with van der Waals surface area (Å²) in [5, 5.41) is 4.17. The lowest BCUT2D eigenvalue weighted by Crippen LogP contribution is -2.36. The predicted molar refractivity (Wildman–Crippen MR) is 102 cm³/mol. The second-order valence-corrected chi connectivity index (χ2v) is 6.21. The van der Waals surface area contributed by atoms with Crippen LogP contribution in [0.5, 0.6) is 5.88 Å². The molecule has 0 atom stereocenters. The van der Waals surface area contributed by atoms with E-state index in [1.807, 2.05) is 19.0 Å². The van der Waals surface area contributed by atoms with E-state index in [2.05, 4.69) is 22.0 Å². The zero-order valence-corrected chi connectivity index (χ0v) is 16.2. The summed E-state index contributed by atoms with van der Waals surface area (Å²) in [5.74, 6) is 0.498. The number of anilines is 2. The third-order valence-electron chi connectivity index (χ3n) is 3.71. The van der Waals surface area contributed by atoms with Gasteiger partial charge in [-0.1, -0.05) is 19.8 Å². The van der Waals surface area contributed by atoms with Gasteiger partial charge in [-0.25, -0.2) is 4.98 Å². The van der Waals surface area contributed by atoms with Crippen molar-refractivity contribution < 1.29 is 9.53 Å². The van der Waals surface area contributed by atoms with Crippen molar-refractivity contribution in [3.05, 3.63) is 24.8 Å². The lowest BCUT2D eigenvalue weighted by atomic mass is 10.3. The van der Waals surface area contributed by atoms with Crippen molar-refractivity contribution in [3.8, 4) is 5.88 Å². The summed E-state index contributed by atoms with van der Waals surface area (Å²) in [7, 11) is 3.70. The Labute approximate surface area is 158 Å². The van der Waals surface area contributed by atoms with Crippen molar-refractivity contribution >= 4 is 29.0 Å². The molecule has 0 fully saturated rings. The summed E-state index contributed by atoms with van der Waals surface area (Å²) in [4.78, 5) is 24.5. The molecule has 1 amide bonds. The van der Waals surface area contributed by atoms with Gasteiger partial charge in [-0.3, -0.25) is 14.4 Å². The highest BCUT2D eigenvalue weighted by Crippen LogP contribution is 2.35. The molecule has 26 heavy (non-hydrogen) atoms. The van der Waals surface area contributed by atoms with E-state index in [1.165, 1.54) is 11.2 Å². The van der Waals surface area contributed by atoms with Crippen LogP contribution in [0.2, 0.25) is 0 Å². The van der Waals surface area contributed by atoms with E-state index in [0.29, 0.717) is 24.0 Å². The molecule has 0 unspecified atom stereocenters. The molecule has 142 valence electrons. The number of amides is 1. The van der Waals surface area contributed by atoms with Gasteiger partial charge >= 0.3 is 0 Å². The van der Waals surface area contributed by atoms with Crippen LogP contribution in [-0.4, -0.2) is 52.2 Å². The Kier molecular flexibility index (Phi) is 7.65. The van der Waals surface area contributed by atoms with E-state index in [4.69, 9.17) is 16.3 Å². The zero-order valence-electron chi connectivity index (χ0n) is 15.4. The molecule has 2 aromatic rings. The van der Waals surface area contributed by atoms with Gasteiger partial charge in [-0.2, -0.15) is 10.1 Å². The summed E-state index contributed by atoms with van der Waals surface area (Å²) in [6.07, 6.45) is 7.94. The Hall–Kier alpha value is -2.35. The van der Waals surface area contributed by atoms with Crippen LogP contribution in [0.25, 0.3) is 0 Å². The number of ether oxygens (including phenoxy) is 1. The zero-order chi connectivity index (χ0) is 18.9. The van der Waals surface area contributed by atoms with Crippen LogP contribution >= 0.6 is 11.6 Å². The first-order valence-corrected chi connectivity index (χ1v) is 9.10. The second-order valence-electron chi connectivity index (χ2n) is 5.94. The van der Waals surface area contributed by atoms with Crippen LogP contribution in [0.4, 0.5) is 11.5 Å². The minimum atomic E-state index is -0.279. The maximum Gasteiger partial charge on any atom is 0.243 e. The number of hydrogen-bond acceptors (Lipinski definition) is 6. The van der Waals surface area contributed by atoms with E-state index in [0.717, 1.165) is 19.3 Å². The molecule has 0 aliphatic rings. The smallest absolute Gasteiger partial charge is 0.243 e. The van der Waals surface area contributed by atoms with E-state index in [-0.39, 0.29) is 18.5 Å². The molecular formula is C17H25ClN6O2. The fourth-order valence-electron chi connectivity index (χ4n) is 2.42. The first-order chi connectivity index (χ1) is 12.6. The van der Waals surface area contributed by atoms with Crippen LogP contribution in [0.1, 0.15) is 26.2 Å². The second kappa shape index (κ2) is 9.96. The number of nitrogens with zero attached hydrogens (tertiary/aromatic N) is 6. The van der Waals surface area contributed by atoms with Gasteiger partial charge in [0.2, 0.25) is 11.8 Å². The number of alkyl halides is 1. The normalized spacial score (nSPS) is 10.6. The minimum absolute atomic E-state index is 0.168. The van der Waals surface area contributed by atoms with Crippen molar-refractivity contribution in [3.63, 3.8) is 0 Å². The SMILES string of the molecule is CCCCCOc1ncnc(N(C)C)c1N(Cn1cccn1)C(=O)CCl. The molecule has 0 N–H and O–H groups in total. The quantitative estimate of drug-likeness (QED) is 0.465. The Balaban J connectivity index is 2.40. The lowest BCUT2D eigenvalue weighted by Gasteiger charge is -2.27. The van der Waals surface area contributed by atoms with Crippen molar-refractivity contribution in [1.29, 1.82) is 0 Å². The summed E-state index contributed by atoms with van der Waals surface area (Å²) in [6.45, 7) is 2.85. The summed E-state index contributed by atoms with van der Waals surface area (Å²) >= 11 is 5.85. The van der Waals surface area contributed by atoms with Gasteiger partial charge in [-0.15, -0.1) is 11.6 Å². The molecule has 0 saturated carbocycles. The van der Waals surface area contributed by atoms with Gasteiger partial charge in [0.15, 0.2) is 11.5 Å². The van der Waals surface area contributed by atoms with Crippen molar-refractivity contribution in [2.45, 2.75) is 32.9 Å². The first kappa shape index (κ1) is 20.0. The third-order valence-corrected chi connectivity index (χ3v) is 3.94. The fraction of sp³-hybridized carbons (Fsp3) is 0.529. The van der Waals surface area contributed by atoms with Gasteiger partial charge < -0.3 is 9.64 Å². The summed E-state index contributed by atoms with van der Waals surface area (Å²) < 4.78 is 7.52. The summed E-state index contributed by atoms with van der Waals surface area (Å²) in [6, 6.07) is 1.79. The molecule has 0 aromatic carbocycles. The number of halogens is 1. The lowest BCUT2D eigenvalue weighted by molar-refractivity contribution is -0.116. The molecule has 9 heteroatoms. The van der Waals surface area contributed by atoms with E-state index >= 15 is 0 Å². The fourth-order valence-corrected chi connectivity index (χ4v) is 2.56. The highest BCUT2D eigenvalue weighted by molar-refractivity contribution is 6.29. The number of carbonyl (C=O) groups excluding carboxylic acids is 1. The first-order valence-electron chi connectivity index (χ1n) is 8.57. The number of rotatable bonds is 10. The Morgan fingerprint density at radius 1 is 1.31 bits per heavy atom. The molecular weight excluding hydrogens is 356 g/mol. The monoisotopic (exact) mass is 380 g/mol. The molecule has 8 nitrogen and oxygen atoms in total. The molecule has 2 aromatic heterocycles. The molecule has 2 rings (SSSR count). The van der Waals surface area contributed by atoms with E-state index in [1.54, 1.807) is 23.1 Å². The van der Waals surface area contributed by atoms with Crippen molar-refractivity contribution in [2.75, 3.05) is 36.4 Å². The Morgan fingerprint density at radius 3 is 2.73 bits per heavy atom. The maximum absolute atomic E-state index is 12.6. The van der Waals surface area contributed by atoms with Crippen LogP contribution in [0.3, 0.4) is 0 Å². The number of carbonyl (C=O) groups is 1. The molecule has 0 aliphatic carbocycles. The van der Waals surface area contributed by atoms with Gasteiger partial charge in [0, 0.05) is 26.5 Å². The molecule has 0 saturated heterocycles.